The van der Waals surface area contributed by atoms with Crippen LogP contribution in [0.3, 0.4) is 0 Å². The Morgan fingerprint density at radius 2 is 0.706 bits per heavy atom. The molecule has 0 spiro atoms. The lowest BCUT2D eigenvalue weighted by Gasteiger charge is -2.11. The number of nitrogens with zero attached hydrogens (tertiary/aromatic N) is 3. The van der Waals surface area contributed by atoms with Crippen LogP contribution in [0.1, 0.15) is 0 Å². The van der Waals surface area contributed by atoms with Crippen LogP contribution in [-0.4, -0.2) is 15.0 Å². The van der Waals surface area contributed by atoms with Crippen molar-refractivity contribution in [3.63, 3.8) is 0 Å². The first-order valence-electron chi connectivity index (χ1n) is 17.1. The molecule has 4 nitrogen and oxygen atoms in total. The fraction of sp³-hybridized carbons (Fsp3) is 0. The van der Waals surface area contributed by atoms with Crippen LogP contribution >= 0.6 is 0 Å². The van der Waals surface area contributed by atoms with Crippen LogP contribution in [0.25, 0.3) is 99.9 Å². The summed E-state index contributed by atoms with van der Waals surface area (Å²) >= 11 is 0. The molecule has 10 aromatic rings. The largest absolute Gasteiger partial charge is 0.455 e. The third kappa shape index (κ3) is 5.04. The predicted octanol–water partition coefficient (Wildman–Crippen LogP) is 12.4. The highest BCUT2D eigenvalue weighted by Gasteiger charge is 2.18. The molecule has 0 atom stereocenters. The number of benzene rings is 8. The Morgan fingerprint density at radius 3 is 1.29 bits per heavy atom. The molecule has 0 bridgehead atoms. The Hall–Kier alpha value is -6.91. The Morgan fingerprint density at radius 1 is 0.294 bits per heavy atom. The molecule has 51 heavy (non-hydrogen) atoms. The van der Waals surface area contributed by atoms with E-state index in [1.807, 2.05) is 30.3 Å². The van der Waals surface area contributed by atoms with E-state index in [2.05, 4.69) is 146 Å². The van der Waals surface area contributed by atoms with Gasteiger partial charge in [-0.05, 0) is 55.9 Å². The number of fused-ring (bicyclic) bond motifs is 5. The quantitative estimate of drug-likeness (QED) is 0.186. The maximum Gasteiger partial charge on any atom is 0.167 e. The van der Waals surface area contributed by atoms with Crippen molar-refractivity contribution in [3.05, 3.63) is 176 Å². The van der Waals surface area contributed by atoms with Gasteiger partial charge in [0.25, 0.3) is 0 Å². The molecule has 0 radical (unpaired) electrons. The second kappa shape index (κ2) is 11.9. The van der Waals surface area contributed by atoms with Crippen LogP contribution in [0.4, 0.5) is 0 Å². The van der Waals surface area contributed by atoms with Crippen molar-refractivity contribution >= 4 is 43.5 Å². The number of aromatic nitrogens is 3. The molecule has 0 saturated heterocycles. The fourth-order valence-corrected chi connectivity index (χ4v) is 7.23. The topological polar surface area (TPSA) is 51.8 Å². The maximum absolute atomic E-state index is 6.43. The van der Waals surface area contributed by atoms with E-state index in [-0.39, 0.29) is 0 Å². The van der Waals surface area contributed by atoms with Gasteiger partial charge in [-0.2, -0.15) is 0 Å². The summed E-state index contributed by atoms with van der Waals surface area (Å²) in [6.07, 6.45) is 0. The van der Waals surface area contributed by atoms with Crippen molar-refractivity contribution in [1.82, 2.24) is 15.0 Å². The lowest BCUT2D eigenvalue weighted by atomic mass is 9.97. The van der Waals surface area contributed by atoms with Crippen LogP contribution in [-0.2, 0) is 0 Å². The zero-order valence-electron chi connectivity index (χ0n) is 27.5. The zero-order chi connectivity index (χ0) is 33.7. The van der Waals surface area contributed by atoms with Gasteiger partial charge < -0.3 is 4.42 Å². The number of hydrogen-bond acceptors (Lipinski definition) is 4. The Kier molecular flexibility index (Phi) is 6.78. The molecule has 4 heteroatoms. The molecule has 0 amide bonds. The third-order valence-corrected chi connectivity index (χ3v) is 9.77. The molecular formula is C47H29N3O. The molecule has 238 valence electrons. The Bertz CT molecular complexity index is 2760. The van der Waals surface area contributed by atoms with E-state index < -0.39 is 0 Å². The minimum absolute atomic E-state index is 0.566. The molecule has 0 unspecified atom stereocenters. The van der Waals surface area contributed by atoms with E-state index >= 15 is 0 Å². The molecule has 0 aliphatic carbocycles. The van der Waals surface area contributed by atoms with E-state index in [4.69, 9.17) is 19.4 Å². The molecule has 0 aliphatic rings. The minimum atomic E-state index is 0.566. The summed E-state index contributed by atoms with van der Waals surface area (Å²) in [5.41, 5.74) is 8.91. The third-order valence-electron chi connectivity index (χ3n) is 9.77. The van der Waals surface area contributed by atoms with Crippen molar-refractivity contribution in [2.45, 2.75) is 0 Å². The monoisotopic (exact) mass is 651 g/mol. The molecule has 8 aromatic carbocycles. The number of hydrogen-bond donors (Lipinski definition) is 0. The maximum atomic E-state index is 6.43. The average molecular weight is 652 g/mol. The van der Waals surface area contributed by atoms with Crippen molar-refractivity contribution in [2.75, 3.05) is 0 Å². The first-order chi connectivity index (χ1) is 25.3. The van der Waals surface area contributed by atoms with Crippen molar-refractivity contribution in [3.8, 4) is 56.4 Å². The lowest BCUT2D eigenvalue weighted by molar-refractivity contribution is 0.669. The predicted molar refractivity (Wildman–Crippen MR) is 209 cm³/mol. The Labute approximate surface area is 294 Å². The van der Waals surface area contributed by atoms with Crippen molar-refractivity contribution in [1.29, 1.82) is 0 Å². The van der Waals surface area contributed by atoms with Gasteiger partial charge in [0.05, 0.1) is 5.56 Å². The summed E-state index contributed by atoms with van der Waals surface area (Å²) < 4.78 is 6.43. The van der Waals surface area contributed by atoms with Gasteiger partial charge in [-0.1, -0.05) is 164 Å². The molecule has 0 aliphatic heterocycles. The minimum Gasteiger partial charge on any atom is -0.455 e. The molecule has 2 aromatic heterocycles. The SMILES string of the molecule is c1ccc2c(-c3ccc(-c4nc(-c5ccc(-c6cccc7ccccc67)cc5)nc(-c5cccc6c5oc5ccccc56)n4)cc3)cccc2c1. The number of para-hydroxylation sites is 2. The Balaban J connectivity index is 1.11. The van der Waals surface area contributed by atoms with Gasteiger partial charge in [-0.25, -0.2) is 15.0 Å². The second-order valence-electron chi connectivity index (χ2n) is 12.8. The summed E-state index contributed by atoms with van der Waals surface area (Å²) in [5, 5.41) is 6.99. The van der Waals surface area contributed by atoms with Crippen molar-refractivity contribution in [2.24, 2.45) is 0 Å². The molecular weight excluding hydrogens is 623 g/mol. The summed E-state index contributed by atoms with van der Waals surface area (Å²) in [6.45, 7) is 0. The first-order valence-corrected chi connectivity index (χ1v) is 17.1. The van der Waals surface area contributed by atoms with Crippen LogP contribution in [0, 0.1) is 0 Å². The van der Waals surface area contributed by atoms with Gasteiger partial charge in [0.1, 0.15) is 11.2 Å². The molecule has 2 heterocycles. The zero-order valence-corrected chi connectivity index (χ0v) is 27.5. The van der Waals surface area contributed by atoms with E-state index in [9.17, 15) is 0 Å². The lowest BCUT2D eigenvalue weighted by Crippen LogP contribution is -2.00. The smallest absolute Gasteiger partial charge is 0.167 e. The van der Waals surface area contributed by atoms with Gasteiger partial charge in [0.2, 0.25) is 0 Å². The van der Waals surface area contributed by atoms with Crippen LogP contribution in [0.5, 0.6) is 0 Å². The molecule has 0 fully saturated rings. The summed E-state index contributed by atoms with van der Waals surface area (Å²) in [6, 6.07) is 61.1. The average Bonchev–Trinajstić information content (AvgIpc) is 3.59. The molecule has 10 rings (SSSR count). The van der Waals surface area contributed by atoms with Gasteiger partial charge in [-0.15, -0.1) is 0 Å². The van der Waals surface area contributed by atoms with Crippen LogP contribution < -0.4 is 0 Å². The molecule has 0 saturated carbocycles. The fourth-order valence-electron chi connectivity index (χ4n) is 7.23. The number of rotatable bonds is 5. The van der Waals surface area contributed by atoms with E-state index in [1.54, 1.807) is 0 Å². The van der Waals surface area contributed by atoms with Gasteiger partial charge in [-0.3, -0.25) is 0 Å². The highest BCUT2D eigenvalue weighted by molar-refractivity contribution is 6.09. The standard InChI is InChI=1S/C47H29N3O/c1-3-14-36-30(10-1)12-7-17-38(36)32-22-26-34(27-23-32)45-48-46(35-28-24-33(25-29-35)39-18-8-13-31-11-2-4-15-37(31)39)50-47(49-45)42-20-9-19-41-40-16-5-6-21-43(40)51-44(41)42/h1-29H. The van der Waals surface area contributed by atoms with Gasteiger partial charge in [0, 0.05) is 21.9 Å². The summed E-state index contributed by atoms with van der Waals surface area (Å²) in [7, 11) is 0. The van der Waals surface area contributed by atoms with Crippen LogP contribution in [0.2, 0.25) is 0 Å². The van der Waals surface area contributed by atoms with E-state index in [0.29, 0.717) is 17.5 Å². The van der Waals surface area contributed by atoms with E-state index in [0.717, 1.165) is 49.8 Å². The highest BCUT2D eigenvalue weighted by atomic mass is 16.3. The highest BCUT2D eigenvalue weighted by Crippen LogP contribution is 2.37. The van der Waals surface area contributed by atoms with Crippen LogP contribution in [0.15, 0.2) is 180 Å². The van der Waals surface area contributed by atoms with Crippen molar-refractivity contribution < 1.29 is 4.42 Å². The van der Waals surface area contributed by atoms with Gasteiger partial charge in [0.15, 0.2) is 17.5 Å². The number of furan rings is 1. The first kappa shape index (κ1) is 29.0. The van der Waals surface area contributed by atoms with E-state index in [1.165, 1.54) is 32.7 Å². The normalized spacial score (nSPS) is 11.5. The summed E-state index contributed by atoms with van der Waals surface area (Å²) in [5.74, 6) is 1.77. The second-order valence-corrected chi connectivity index (χ2v) is 12.8. The molecule has 0 N–H and O–H groups in total. The van der Waals surface area contributed by atoms with Gasteiger partial charge >= 0.3 is 0 Å². The summed E-state index contributed by atoms with van der Waals surface area (Å²) in [4.78, 5) is 15.3.